The van der Waals surface area contributed by atoms with Crippen molar-refractivity contribution in [3.8, 4) is 0 Å². The summed E-state index contributed by atoms with van der Waals surface area (Å²) in [4.78, 5) is 31.2. The summed E-state index contributed by atoms with van der Waals surface area (Å²) < 4.78 is 7.00. The number of pyridine rings is 1. The summed E-state index contributed by atoms with van der Waals surface area (Å²) in [5, 5.41) is 0. The third-order valence-electron chi connectivity index (χ3n) is 4.98. The number of carbonyl (C=O) groups excluding carboxylic acids is 1. The molecule has 0 saturated carbocycles. The average molecular weight is 382 g/mol. The molecule has 3 heterocycles. The lowest BCUT2D eigenvalue weighted by atomic mass is 10.00. The maximum absolute atomic E-state index is 12.5. The number of fused-ring (bicyclic) bond motifs is 2. The molecule has 0 unspecified atom stereocenters. The Hall–Kier alpha value is -2.47. The lowest BCUT2D eigenvalue weighted by molar-refractivity contribution is 0.0473. The van der Waals surface area contributed by atoms with Crippen molar-refractivity contribution in [3.63, 3.8) is 0 Å². The van der Waals surface area contributed by atoms with Crippen molar-refractivity contribution in [1.82, 2.24) is 9.38 Å². The topological polar surface area (TPSA) is 60.7 Å². The molecule has 5 nitrogen and oxygen atoms in total. The van der Waals surface area contributed by atoms with Crippen LogP contribution in [0.4, 0.5) is 0 Å². The number of esters is 1. The van der Waals surface area contributed by atoms with E-state index in [1.807, 2.05) is 25.1 Å². The van der Waals surface area contributed by atoms with Crippen molar-refractivity contribution >= 4 is 23.0 Å². The van der Waals surface area contributed by atoms with Gasteiger partial charge in [0, 0.05) is 16.6 Å². The summed E-state index contributed by atoms with van der Waals surface area (Å²) in [5.74, 6) is -0.335. The van der Waals surface area contributed by atoms with E-state index in [0.29, 0.717) is 16.2 Å². The summed E-state index contributed by atoms with van der Waals surface area (Å²) in [6.07, 6.45) is 6.99. The van der Waals surface area contributed by atoms with Gasteiger partial charge in [-0.3, -0.25) is 9.20 Å². The predicted molar refractivity (Wildman–Crippen MR) is 106 cm³/mol. The van der Waals surface area contributed by atoms with Crippen LogP contribution in [-0.4, -0.2) is 15.4 Å². The minimum Gasteiger partial charge on any atom is -0.455 e. The highest BCUT2D eigenvalue weighted by Gasteiger charge is 2.17. The molecule has 0 aliphatic heterocycles. The Balaban J connectivity index is 1.50. The van der Waals surface area contributed by atoms with E-state index in [-0.39, 0.29) is 18.1 Å². The molecule has 4 rings (SSSR count). The maximum atomic E-state index is 12.5. The Morgan fingerprint density at radius 3 is 2.85 bits per heavy atom. The van der Waals surface area contributed by atoms with E-state index in [9.17, 15) is 9.59 Å². The summed E-state index contributed by atoms with van der Waals surface area (Å²) in [6.45, 7) is 1.86. The molecule has 0 bridgehead atoms. The Morgan fingerprint density at radius 2 is 2.00 bits per heavy atom. The Labute approximate surface area is 161 Å². The van der Waals surface area contributed by atoms with Gasteiger partial charge in [-0.1, -0.05) is 18.9 Å². The number of nitrogens with zero attached hydrogens (tertiary/aromatic N) is 2. The molecule has 0 fully saturated rings. The first-order valence-corrected chi connectivity index (χ1v) is 10.2. The van der Waals surface area contributed by atoms with Gasteiger partial charge in [0.2, 0.25) is 0 Å². The standard InChI is InChI=1S/C21H22N2O3S/c1-14-7-6-10-19-22-16(12-20(24)23(14)19)13-26-21(25)18-11-15-8-4-2-3-5-9-17(15)27-18/h6-7,10-12H,2-5,8-9,13H2,1H3. The second kappa shape index (κ2) is 7.64. The Kier molecular flexibility index (Phi) is 5.07. The second-order valence-electron chi connectivity index (χ2n) is 7.00. The smallest absolute Gasteiger partial charge is 0.348 e. The zero-order valence-corrected chi connectivity index (χ0v) is 16.2. The second-order valence-corrected chi connectivity index (χ2v) is 8.13. The van der Waals surface area contributed by atoms with E-state index in [2.05, 4.69) is 4.98 Å². The normalized spacial score (nSPS) is 14.4. The molecule has 1 aliphatic rings. The van der Waals surface area contributed by atoms with Crippen LogP contribution in [0.2, 0.25) is 0 Å². The summed E-state index contributed by atoms with van der Waals surface area (Å²) in [5.41, 5.74) is 2.98. The number of thiophene rings is 1. The van der Waals surface area contributed by atoms with Crippen molar-refractivity contribution in [2.24, 2.45) is 0 Å². The van der Waals surface area contributed by atoms with E-state index in [1.165, 1.54) is 42.2 Å². The molecule has 0 saturated heterocycles. The molecule has 140 valence electrons. The molecule has 1 aliphatic carbocycles. The van der Waals surface area contributed by atoms with Crippen LogP contribution < -0.4 is 5.56 Å². The van der Waals surface area contributed by atoms with Crippen molar-refractivity contribution in [2.45, 2.75) is 52.1 Å². The molecule has 3 aromatic rings. The van der Waals surface area contributed by atoms with Gasteiger partial charge in [0.05, 0.1) is 5.69 Å². The highest BCUT2D eigenvalue weighted by molar-refractivity contribution is 7.14. The maximum Gasteiger partial charge on any atom is 0.348 e. The molecule has 0 radical (unpaired) electrons. The van der Waals surface area contributed by atoms with Crippen molar-refractivity contribution < 1.29 is 9.53 Å². The van der Waals surface area contributed by atoms with Crippen LogP contribution in [0, 0.1) is 6.92 Å². The molecule has 0 atom stereocenters. The monoisotopic (exact) mass is 382 g/mol. The molecular weight excluding hydrogens is 360 g/mol. The van der Waals surface area contributed by atoms with Crippen LogP contribution in [0.15, 0.2) is 35.1 Å². The van der Waals surface area contributed by atoms with Crippen molar-refractivity contribution in [3.05, 3.63) is 67.4 Å². The lowest BCUT2D eigenvalue weighted by Gasteiger charge is -2.07. The third kappa shape index (κ3) is 3.81. The van der Waals surface area contributed by atoms with Crippen LogP contribution in [-0.2, 0) is 24.2 Å². The van der Waals surface area contributed by atoms with E-state index in [1.54, 1.807) is 21.8 Å². The van der Waals surface area contributed by atoms with E-state index >= 15 is 0 Å². The number of aryl methyl sites for hydroxylation is 3. The number of rotatable bonds is 3. The number of ether oxygens (including phenoxy) is 1. The molecule has 3 aromatic heterocycles. The van der Waals surface area contributed by atoms with Crippen LogP contribution in [0.1, 0.15) is 57.2 Å². The van der Waals surface area contributed by atoms with Gasteiger partial charge < -0.3 is 4.74 Å². The van der Waals surface area contributed by atoms with Crippen LogP contribution in [0.5, 0.6) is 0 Å². The van der Waals surface area contributed by atoms with Gasteiger partial charge >= 0.3 is 5.97 Å². The van der Waals surface area contributed by atoms with Gasteiger partial charge in [-0.25, -0.2) is 9.78 Å². The fourth-order valence-electron chi connectivity index (χ4n) is 3.59. The van der Waals surface area contributed by atoms with Crippen LogP contribution in [0.25, 0.3) is 5.65 Å². The first-order chi connectivity index (χ1) is 13.1. The van der Waals surface area contributed by atoms with Gasteiger partial charge in [-0.05, 0) is 56.4 Å². The Bertz CT molecular complexity index is 1030. The molecular formula is C21H22N2O3S. The molecule has 6 heteroatoms. The fourth-order valence-corrected chi connectivity index (χ4v) is 4.74. The van der Waals surface area contributed by atoms with E-state index in [0.717, 1.165) is 18.5 Å². The van der Waals surface area contributed by atoms with Gasteiger partial charge in [0.1, 0.15) is 17.1 Å². The first kappa shape index (κ1) is 17.9. The highest BCUT2D eigenvalue weighted by atomic mass is 32.1. The highest BCUT2D eigenvalue weighted by Crippen LogP contribution is 2.29. The van der Waals surface area contributed by atoms with E-state index in [4.69, 9.17) is 4.74 Å². The van der Waals surface area contributed by atoms with Crippen LogP contribution in [0.3, 0.4) is 0 Å². The molecule has 0 amide bonds. The molecule has 0 spiro atoms. The SMILES string of the molecule is Cc1cccc2nc(COC(=O)c3cc4c(s3)CCCCCC4)cc(=O)n12. The molecule has 0 N–H and O–H groups in total. The number of hydrogen-bond donors (Lipinski definition) is 0. The van der Waals surface area contributed by atoms with Crippen LogP contribution >= 0.6 is 11.3 Å². The lowest BCUT2D eigenvalue weighted by Crippen LogP contribution is -2.18. The predicted octanol–water partition coefficient (Wildman–Crippen LogP) is 4.08. The number of aromatic nitrogens is 2. The zero-order chi connectivity index (χ0) is 18.8. The fraction of sp³-hybridized carbons (Fsp3) is 0.381. The van der Waals surface area contributed by atoms with E-state index < -0.39 is 0 Å². The Morgan fingerprint density at radius 1 is 1.19 bits per heavy atom. The van der Waals surface area contributed by atoms with Crippen molar-refractivity contribution in [2.75, 3.05) is 0 Å². The first-order valence-electron chi connectivity index (χ1n) is 9.39. The number of hydrogen-bond acceptors (Lipinski definition) is 5. The van der Waals surface area contributed by atoms with Gasteiger partial charge in [-0.2, -0.15) is 0 Å². The molecule has 27 heavy (non-hydrogen) atoms. The third-order valence-corrected chi connectivity index (χ3v) is 6.20. The summed E-state index contributed by atoms with van der Waals surface area (Å²) in [6, 6.07) is 8.91. The van der Waals surface area contributed by atoms with Crippen molar-refractivity contribution in [1.29, 1.82) is 0 Å². The summed E-state index contributed by atoms with van der Waals surface area (Å²) in [7, 11) is 0. The molecule has 0 aromatic carbocycles. The number of carbonyl (C=O) groups is 1. The quantitative estimate of drug-likeness (QED) is 0.641. The zero-order valence-electron chi connectivity index (χ0n) is 15.4. The van der Waals surface area contributed by atoms with Gasteiger partial charge in [0.15, 0.2) is 0 Å². The largest absolute Gasteiger partial charge is 0.455 e. The van der Waals surface area contributed by atoms with Gasteiger partial charge in [0.25, 0.3) is 5.56 Å². The minimum atomic E-state index is -0.335. The van der Waals surface area contributed by atoms with Gasteiger partial charge in [-0.15, -0.1) is 11.3 Å². The average Bonchev–Trinajstić information content (AvgIpc) is 3.01. The summed E-state index contributed by atoms with van der Waals surface area (Å²) >= 11 is 1.55. The minimum absolute atomic E-state index is 0.00107.